The highest BCUT2D eigenvalue weighted by Crippen LogP contribution is 2.35. The van der Waals surface area contributed by atoms with Gasteiger partial charge in [-0.1, -0.05) is 30.3 Å². The van der Waals surface area contributed by atoms with Crippen LogP contribution in [0.4, 0.5) is 0 Å². The minimum Gasteiger partial charge on any atom is -0.493 e. The highest BCUT2D eigenvalue weighted by Gasteiger charge is 2.13. The summed E-state index contributed by atoms with van der Waals surface area (Å²) in [5.41, 5.74) is 2.99. The maximum Gasteiger partial charge on any atom is 0.165 e. The monoisotopic (exact) mass is 304 g/mol. The molecule has 4 heteroatoms. The fourth-order valence-electron chi connectivity index (χ4n) is 2.12. The average Bonchev–Trinajstić information content (AvgIpc) is 2.54. The van der Waals surface area contributed by atoms with E-state index < -0.39 is 0 Å². The van der Waals surface area contributed by atoms with Crippen molar-refractivity contribution in [1.29, 1.82) is 0 Å². The molecule has 0 aromatic heterocycles. The summed E-state index contributed by atoms with van der Waals surface area (Å²) in [5, 5.41) is 9.35. The second-order valence-electron chi connectivity index (χ2n) is 4.65. The SMILES string of the molecule is COc1cc(CO)cc(CSC)c1OCc1ccccc1. The fourth-order valence-corrected chi connectivity index (χ4v) is 2.65. The third-order valence-corrected chi connectivity index (χ3v) is 3.72. The quantitative estimate of drug-likeness (QED) is 0.848. The fraction of sp³-hybridized carbons (Fsp3) is 0.294. The van der Waals surface area contributed by atoms with Gasteiger partial charge in [-0.05, 0) is 29.5 Å². The van der Waals surface area contributed by atoms with Crippen LogP contribution in [-0.4, -0.2) is 18.5 Å². The highest BCUT2D eigenvalue weighted by molar-refractivity contribution is 7.97. The molecule has 0 saturated carbocycles. The Morgan fingerprint density at radius 1 is 1.10 bits per heavy atom. The number of thioether (sulfide) groups is 1. The summed E-state index contributed by atoms with van der Waals surface area (Å²) in [6, 6.07) is 13.8. The van der Waals surface area contributed by atoms with Crippen molar-refractivity contribution < 1.29 is 14.6 Å². The number of aliphatic hydroxyl groups excluding tert-OH is 1. The van der Waals surface area contributed by atoms with Gasteiger partial charge in [0.05, 0.1) is 13.7 Å². The maximum atomic E-state index is 9.35. The van der Waals surface area contributed by atoms with Gasteiger partial charge >= 0.3 is 0 Å². The van der Waals surface area contributed by atoms with Crippen LogP contribution in [0.2, 0.25) is 0 Å². The van der Waals surface area contributed by atoms with E-state index in [1.807, 2.05) is 48.7 Å². The van der Waals surface area contributed by atoms with Crippen LogP contribution in [0.25, 0.3) is 0 Å². The maximum absolute atomic E-state index is 9.35. The second kappa shape index (κ2) is 7.96. The van der Waals surface area contributed by atoms with Crippen LogP contribution in [0.3, 0.4) is 0 Å². The normalized spacial score (nSPS) is 10.4. The first-order valence-corrected chi connectivity index (χ1v) is 8.14. The Morgan fingerprint density at radius 2 is 1.86 bits per heavy atom. The van der Waals surface area contributed by atoms with Crippen LogP contribution in [0, 0.1) is 0 Å². The molecular formula is C17H20O3S. The van der Waals surface area contributed by atoms with Gasteiger partial charge in [0, 0.05) is 11.3 Å². The van der Waals surface area contributed by atoms with E-state index in [4.69, 9.17) is 9.47 Å². The standard InChI is InChI=1S/C17H20O3S/c1-19-16-9-14(10-18)8-15(12-21-2)17(16)20-11-13-6-4-3-5-7-13/h3-9,18H,10-12H2,1-2H3. The topological polar surface area (TPSA) is 38.7 Å². The molecular weight excluding hydrogens is 284 g/mol. The van der Waals surface area contributed by atoms with Gasteiger partial charge in [0.2, 0.25) is 0 Å². The van der Waals surface area contributed by atoms with Crippen molar-refractivity contribution in [2.45, 2.75) is 19.0 Å². The van der Waals surface area contributed by atoms with Crippen LogP contribution in [0.15, 0.2) is 42.5 Å². The summed E-state index contributed by atoms with van der Waals surface area (Å²) in [6.45, 7) is 0.494. The van der Waals surface area contributed by atoms with Gasteiger partial charge in [0.25, 0.3) is 0 Å². The molecule has 1 N–H and O–H groups in total. The Hall–Kier alpha value is -1.65. The number of benzene rings is 2. The molecule has 0 atom stereocenters. The number of hydrogen-bond acceptors (Lipinski definition) is 4. The third-order valence-electron chi connectivity index (χ3n) is 3.12. The summed E-state index contributed by atoms with van der Waals surface area (Å²) in [5.74, 6) is 2.24. The summed E-state index contributed by atoms with van der Waals surface area (Å²) < 4.78 is 11.4. The van der Waals surface area contributed by atoms with Crippen LogP contribution in [-0.2, 0) is 19.0 Å². The molecule has 0 amide bonds. The smallest absolute Gasteiger partial charge is 0.165 e. The minimum absolute atomic E-state index is 0.00327. The van der Waals surface area contributed by atoms with E-state index in [1.165, 1.54) is 0 Å². The lowest BCUT2D eigenvalue weighted by Gasteiger charge is -2.16. The first-order valence-electron chi connectivity index (χ1n) is 6.74. The molecule has 0 aliphatic heterocycles. The molecule has 112 valence electrons. The Bertz CT molecular complexity index is 570. The zero-order valence-electron chi connectivity index (χ0n) is 12.3. The van der Waals surface area contributed by atoms with Crippen LogP contribution >= 0.6 is 11.8 Å². The van der Waals surface area contributed by atoms with E-state index >= 15 is 0 Å². The molecule has 21 heavy (non-hydrogen) atoms. The molecule has 2 aromatic rings. The molecule has 0 aliphatic rings. The predicted octanol–water partition coefficient (Wildman–Crippen LogP) is 3.63. The summed E-state index contributed by atoms with van der Waals surface area (Å²) in [7, 11) is 1.62. The van der Waals surface area contributed by atoms with Crippen molar-refractivity contribution in [1.82, 2.24) is 0 Å². The second-order valence-corrected chi connectivity index (χ2v) is 5.52. The van der Waals surface area contributed by atoms with Gasteiger partial charge in [0.15, 0.2) is 11.5 Å². The molecule has 0 radical (unpaired) electrons. The van der Waals surface area contributed by atoms with Crippen molar-refractivity contribution in [2.75, 3.05) is 13.4 Å². The molecule has 0 fully saturated rings. The van der Waals surface area contributed by atoms with Crippen molar-refractivity contribution in [3.8, 4) is 11.5 Å². The van der Waals surface area contributed by atoms with E-state index in [2.05, 4.69) is 0 Å². The summed E-state index contributed by atoms with van der Waals surface area (Å²) in [4.78, 5) is 0. The van der Waals surface area contributed by atoms with E-state index in [9.17, 15) is 5.11 Å². The number of ether oxygens (including phenoxy) is 2. The molecule has 0 heterocycles. The van der Waals surface area contributed by atoms with E-state index in [1.54, 1.807) is 18.9 Å². The van der Waals surface area contributed by atoms with Crippen molar-refractivity contribution >= 4 is 11.8 Å². The third kappa shape index (κ3) is 4.16. The van der Waals surface area contributed by atoms with Gasteiger partial charge < -0.3 is 14.6 Å². The lowest BCUT2D eigenvalue weighted by atomic mass is 10.1. The Kier molecular flexibility index (Phi) is 5.96. The molecule has 2 aromatic carbocycles. The van der Waals surface area contributed by atoms with E-state index in [0.717, 1.165) is 28.2 Å². The number of aliphatic hydroxyl groups is 1. The zero-order chi connectivity index (χ0) is 15.1. The van der Waals surface area contributed by atoms with Crippen molar-refractivity contribution in [2.24, 2.45) is 0 Å². The molecule has 2 rings (SSSR count). The highest BCUT2D eigenvalue weighted by atomic mass is 32.2. The van der Waals surface area contributed by atoms with Gasteiger partial charge in [-0.15, -0.1) is 0 Å². The Morgan fingerprint density at radius 3 is 2.48 bits per heavy atom. The average molecular weight is 304 g/mol. The zero-order valence-corrected chi connectivity index (χ0v) is 13.2. The molecule has 0 aliphatic carbocycles. The van der Waals surface area contributed by atoms with Crippen LogP contribution in [0.1, 0.15) is 16.7 Å². The number of hydrogen-bond donors (Lipinski definition) is 1. The molecule has 0 unspecified atom stereocenters. The Balaban J connectivity index is 2.27. The molecule has 0 saturated heterocycles. The Labute approximate surface area is 129 Å². The number of rotatable bonds is 7. The van der Waals surface area contributed by atoms with Gasteiger partial charge in [-0.25, -0.2) is 0 Å². The molecule has 3 nitrogen and oxygen atoms in total. The molecule has 0 bridgehead atoms. The van der Waals surface area contributed by atoms with Gasteiger partial charge in [-0.2, -0.15) is 11.8 Å². The number of methoxy groups -OCH3 is 1. The summed E-state index contributed by atoms with van der Waals surface area (Å²) >= 11 is 1.71. The lowest BCUT2D eigenvalue weighted by molar-refractivity contribution is 0.273. The van der Waals surface area contributed by atoms with Crippen LogP contribution < -0.4 is 9.47 Å². The van der Waals surface area contributed by atoms with Crippen molar-refractivity contribution in [3.05, 3.63) is 59.2 Å². The van der Waals surface area contributed by atoms with Crippen LogP contribution in [0.5, 0.6) is 11.5 Å². The van der Waals surface area contributed by atoms with Crippen molar-refractivity contribution in [3.63, 3.8) is 0 Å². The molecule has 0 spiro atoms. The first-order chi connectivity index (χ1) is 10.3. The summed E-state index contributed by atoms with van der Waals surface area (Å²) in [6.07, 6.45) is 2.04. The van der Waals surface area contributed by atoms with E-state index in [-0.39, 0.29) is 6.61 Å². The van der Waals surface area contributed by atoms with E-state index in [0.29, 0.717) is 12.4 Å². The predicted molar refractivity (Wildman–Crippen MR) is 86.9 cm³/mol. The minimum atomic E-state index is -0.00327. The largest absolute Gasteiger partial charge is 0.493 e. The first kappa shape index (κ1) is 15.7. The lowest BCUT2D eigenvalue weighted by Crippen LogP contribution is -2.02. The van der Waals surface area contributed by atoms with Gasteiger partial charge in [0.1, 0.15) is 6.61 Å². The van der Waals surface area contributed by atoms with Gasteiger partial charge in [-0.3, -0.25) is 0 Å².